The number of hydrogen-bond acceptors (Lipinski definition) is 2. The molecule has 5 heteroatoms. The molecule has 3 atom stereocenters. The minimum atomic E-state index is -0.564. The van der Waals surface area contributed by atoms with Crippen LogP contribution in [0.3, 0.4) is 0 Å². The third-order valence-electron chi connectivity index (χ3n) is 4.13. The second-order valence-electron chi connectivity index (χ2n) is 5.63. The number of hydrogen-bond donors (Lipinski definition) is 0. The normalized spacial score (nSPS) is 23.8. The fourth-order valence-corrected chi connectivity index (χ4v) is 2.80. The van der Waals surface area contributed by atoms with Gasteiger partial charge in [0.15, 0.2) is 0 Å². The Morgan fingerprint density at radius 3 is 2.50 bits per heavy atom. The highest BCUT2D eigenvalue weighted by Crippen LogP contribution is 2.33. The Hall–Kier alpha value is -2.00. The molecule has 0 radical (unpaired) electrons. The molecule has 0 bridgehead atoms. The summed E-state index contributed by atoms with van der Waals surface area (Å²) in [7, 11) is 0. The van der Waals surface area contributed by atoms with Gasteiger partial charge in [-0.2, -0.15) is 0 Å². The van der Waals surface area contributed by atoms with Gasteiger partial charge in [0, 0.05) is 11.5 Å². The Kier molecular flexibility index (Phi) is 4.30. The molecule has 1 heterocycles. The Morgan fingerprint density at radius 1 is 1.30 bits per heavy atom. The van der Waals surface area contributed by atoms with Crippen LogP contribution < -0.4 is 0 Å². The van der Waals surface area contributed by atoms with Crippen molar-refractivity contribution < 1.29 is 4.79 Å². The topological polar surface area (TPSA) is 69.1 Å². The van der Waals surface area contributed by atoms with Crippen molar-refractivity contribution in [2.24, 2.45) is 17.0 Å². The summed E-state index contributed by atoms with van der Waals surface area (Å²) in [6, 6.07) is 9.37. The molecule has 5 nitrogen and oxygen atoms in total. The molecular weight excluding hydrogens is 252 g/mol. The zero-order chi connectivity index (χ0) is 14.7. The van der Waals surface area contributed by atoms with Crippen LogP contribution in [-0.4, -0.2) is 23.4 Å². The molecule has 2 rings (SSSR count). The molecule has 0 spiro atoms. The summed E-state index contributed by atoms with van der Waals surface area (Å²) in [4.78, 5) is 17.2. The molecule has 20 heavy (non-hydrogen) atoms. The number of likely N-dealkylation sites (tertiary alicyclic amines) is 1. The van der Waals surface area contributed by atoms with Gasteiger partial charge in [-0.05, 0) is 29.9 Å². The largest absolute Gasteiger partial charge is 0.335 e. The maximum Gasteiger partial charge on any atom is 0.232 e. The fraction of sp³-hybridized carbons (Fsp3) is 0.533. The molecule has 1 aromatic carbocycles. The van der Waals surface area contributed by atoms with E-state index in [9.17, 15) is 4.79 Å². The Labute approximate surface area is 119 Å². The van der Waals surface area contributed by atoms with Gasteiger partial charge >= 0.3 is 0 Å². The summed E-state index contributed by atoms with van der Waals surface area (Å²) in [6.07, 6.45) is 0. The lowest BCUT2D eigenvalue weighted by Crippen LogP contribution is -2.31. The van der Waals surface area contributed by atoms with Crippen molar-refractivity contribution >= 4 is 5.91 Å². The molecule has 1 unspecified atom stereocenters. The molecule has 1 aromatic rings. The summed E-state index contributed by atoms with van der Waals surface area (Å²) < 4.78 is 0. The van der Waals surface area contributed by atoms with Crippen LogP contribution in [0.15, 0.2) is 35.4 Å². The van der Waals surface area contributed by atoms with Crippen LogP contribution in [0.4, 0.5) is 0 Å². The van der Waals surface area contributed by atoms with E-state index >= 15 is 0 Å². The molecule has 0 saturated carbocycles. The van der Waals surface area contributed by atoms with Crippen molar-refractivity contribution in [3.63, 3.8) is 0 Å². The van der Waals surface area contributed by atoms with E-state index in [1.165, 1.54) is 0 Å². The van der Waals surface area contributed by atoms with Crippen LogP contribution in [0.25, 0.3) is 10.4 Å². The maximum absolute atomic E-state index is 12.5. The van der Waals surface area contributed by atoms with Gasteiger partial charge in [0.2, 0.25) is 5.91 Å². The average molecular weight is 272 g/mol. The van der Waals surface area contributed by atoms with Crippen molar-refractivity contribution in [1.29, 1.82) is 0 Å². The third-order valence-corrected chi connectivity index (χ3v) is 4.13. The zero-order valence-corrected chi connectivity index (χ0v) is 12.1. The number of benzene rings is 1. The third kappa shape index (κ3) is 2.63. The van der Waals surface area contributed by atoms with Crippen molar-refractivity contribution in [3.05, 3.63) is 46.3 Å². The van der Waals surface area contributed by atoms with Crippen LogP contribution in [0.1, 0.15) is 32.4 Å². The van der Waals surface area contributed by atoms with Crippen LogP contribution in [0, 0.1) is 11.8 Å². The second-order valence-corrected chi connectivity index (χ2v) is 5.63. The fourth-order valence-electron chi connectivity index (χ4n) is 2.80. The lowest BCUT2D eigenvalue weighted by molar-refractivity contribution is -0.130. The number of rotatable bonds is 4. The molecule has 0 N–H and O–H groups in total. The van der Waals surface area contributed by atoms with E-state index in [4.69, 9.17) is 5.53 Å². The Balaban J connectivity index is 2.25. The molecule has 1 aliphatic rings. The SMILES string of the molecule is CC(C)C1CN([C@H](C)c2ccccc2)C(=O)[C@H]1N=[N+]=[N-]. The van der Waals surface area contributed by atoms with Crippen molar-refractivity contribution in [3.8, 4) is 0 Å². The van der Waals surface area contributed by atoms with Crippen molar-refractivity contribution in [1.82, 2.24) is 4.90 Å². The van der Waals surface area contributed by atoms with E-state index in [1.807, 2.05) is 42.2 Å². The highest BCUT2D eigenvalue weighted by molar-refractivity contribution is 5.85. The number of azide groups is 1. The molecule has 1 saturated heterocycles. The van der Waals surface area contributed by atoms with Gasteiger partial charge in [-0.25, -0.2) is 0 Å². The van der Waals surface area contributed by atoms with E-state index < -0.39 is 6.04 Å². The van der Waals surface area contributed by atoms with Crippen LogP contribution >= 0.6 is 0 Å². The average Bonchev–Trinajstić information content (AvgIpc) is 2.77. The number of carbonyl (C=O) groups excluding carboxylic acids is 1. The number of amides is 1. The number of carbonyl (C=O) groups is 1. The van der Waals surface area contributed by atoms with E-state index in [0.717, 1.165) is 5.56 Å². The van der Waals surface area contributed by atoms with Crippen molar-refractivity contribution in [2.45, 2.75) is 32.9 Å². The first-order chi connectivity index (χ1) is 9.56. The van der Waals surface area contributed by atoms with Gasteiger partial charge < -0.3 is 4.90 Å². The minimum Gasteiger partial charge on any atom is -0.335 e. The Morgan fingerprint density at radius 2 is 1.95 bits per heavy atom. The summed E-state index contributed by atoms with van der Waals surface area (Å²) in [5.41, 5.74) is 9.78. The molecule has 1 aliphatic heterocycles. The molecule has 0 aromatic heterocycles. The molecular formula is C15H20N4O. The molecule has 0 aliphatic carbocycles. The predicted molar refractivity (Wildman–Crippen MR) is 77.8 cm³/mol. The van der Waals surface area contributed by atoms with E-state index in [1.54, 1.807) is 0 Å². The van der Waals surface area contributed by atoms with Crippen LogP contribution in [0.2, 0.25) is 0 Å². The quantitative estimate of drug-likeness (QED) is 0.469. The van der Waals surface area contributed by atoms with Crippen LogP contribution in [0.5, 0.6) is 0 Å². The first-order valence-corrected chi connectivity index (χ1v) is 6.96. The lowest BCUT2D eigenvalue weighted by atomic mass is 9.91. The first-order valence-electron chi connectivity index (χ1n) is 6.96. The Bertz CT molecular complexity index is 522. The highest BCUT2D eigenvalue weighted by Gasteiger charge is 2.43. The maximum atomic E-state index is 12.5. The predicted octanol–water partition coefficient (Wildman–Crippen LogP) is 3.54. The first kappa shape index (κ1) is 14.4. The van der Waals surface area contributed by atoms with Gasteiger partial charge in [0.25, 0.3) is 0 Å². The van der Waals surface area contributed by atoms with E-state index in [2.05, 4.69) is 23.9 Å². The van der Waals surface area contributed by atoms with Crippen molar-refractivity contribution in [2.75, 3.05) is 6.54 Å². The standard InChI is InChI=1S/C15H20N4O/c1-10(2)13-9-19(15(20)14(13)17-18-16)11(3)12-7-5-4-6-8-12/h4-8,10-11,13-14H,9H2,1-3H3/t11-,13?,14+/m1/s1. The smallest absolute Gasteiger partial charge is 0.232 e. The summed E-state index contributed by atoms with van der Waals surface area (Å²) in [6.45, 7) is 6.79. The summed E-state index contributed by atoms with van der Waals surface area (Å²) >= 11 is 0. The van der Waals surface area contributed by atoms with E-state index in [-0.39, 0.29) is 17.9 Å². The highest BCUT2D eigenvalue weighted by atomic mass is 16.2. The summed E-state index contributed by atoms with van der Waals surface area (Å²) in [5, 5.41) is 3.72. The summed E-state index contributed by atoms with van der Waals surface area (Å²) in [5.74, 6) is 0.338. The van der Waals surface area contributed by atoms with Gasteiger partial charge in [0.05, 0.1) is 6.04 Å². The molecule has 1 amide bonds. The molecule has 106 valence electrons. The number of nitrogens with zero attached hydrogens (tertiary/aromatic N) is 4. The van der Waals surface area contributed by atoms with Gasteiger partial charge in [-0.1, -0.05) is 49.3 Å². The van der Waals surface area contributed by atoms with Gasteiger partial charge in [-0.15, -0.1) is 0 Å². The van der Waals surface area contributed by atoms with Gasteiger partial charge in [0.1, 0.15) is 6.04 Å². The molecule has 1 fully saturated rings. The zero-order valence-electron chi connectivity index (χ0n) is 12.1. The van der Waals surface area contributed by atoms with E-state index in [0.29, 0.717) is 12.5 Å². The minimum absolute atomic E-state index is 0.00356. The second kappa shape index (κ2) is 5.97. The monoisotopic (exact) mass is 272 g/mol. The van der Waals surface area contributed by atoms with Gasteiger partial charge in [-0.3, -0.25) is 4.79 Å². The van der Waals surface area contributed by atoms with Crippen LogP contribution in [-0.2, 0) is 4.79 Å². The lowest BCUT2D eigenvalue weighted by Gasteiger charge is -2.25.